The Morgan fingerprint density at radius 2 is 1.88 bits per heavy atom. The highest BCUT2D eigenvalue weighted by Crippen LogP contribution is 2.13. The van der Waals surface area contributed by atoms with E-state index in [9.17, 15) is 18.0 Å². The van der Waals surface area contributed by atoms with Crippen LogP contribution in [-0.2, 0) is 14.8 Å². The summed E-state index contributed by atoms with van der Waals surface area (Å²) in [5.41, 5.74) is 0.293. The second-order valence-corrected chi connectivity index (χ2v) is 7.61. The first-order chi connectivity index (χ1) is 11.7. The molecule has 1 amide bonds. The Labute approximate surface area is 148 Å². The van der Waals surface area contributed by atoms with Crippen molar-refractivity contribution in [3.8, 4) is 12.3 Å². The number of rotatable bonds is 9. The fraction of sp³-hybridized carbons (Fsp3) is 0.412. The minimum Gasteiger partial charge on any atom is -0.481 e. The van der Waals surface area contributed by atoms with E-state index in [4.69, 9.17) is 11.5 Å². The molecule has 0 aliphatic heterocycles. The Morgan fingerprint density at radius 3 is 2.36 bits per heavy atom. The van der Waals surface area contributed by atoms with Crippen LogP contribution in [0.25, 0.3) is 0 Å². The zero-order chi connectivity index (χ0) is 19.0. The van der Waals surface area contributed by atoms with E-state index in [0.717, 1.165) is 0 Å². The molecule has 0 bridgehead atoms. The zero-order valence-corrected chi connectivity index (χ0v) is 15.0. The SMILES string of the molecule is C#CCNS(=O)(=O)c1ccc(C(=O)N(CCC(=O)O)CC(C)C)cc1. The number of nitrogens with one attached hydrogen (secondary N) is 1. The minimum absolute atomic E-state index is 0.000227. The maximum Gasteiger partial charge on any atom is 0.305 e. The summed E-state index contributed by atoms with van der Waals surface area (Å²) in [6.45, 7) is 4.23. The second-order valence-electron chi connectivity index (χ2n) is 5.84. The molecule has 0 saturated carbocycles. The van der Waals surface area contributed by atoms with Gasteiger partial charge in [0.05, 0.1) is 17.9 Å². The Bertz CT molecular complexity index is 748. The number of carbonyl (C=O) groups excluding carboxylic acids is 1. The highest BCUT2D eigenvalue weighted by atomic mass is 32.2. The summed E-state index contributed by atoms with van der Waals surface area (Å²) in [5.74, 6) is 1.03. The number of hydrogen-bond acceptors (Lipinski definition) is 4. The third-order valence-corrected chi connectivity index (χ3v) is 4.66. The molecule has 0 spiro atoms. The van der Waals surface area contributed by atoms with E-state index in [0.29, 0.717) is 12.1 Å². The number of amides is 1. The van der Waals surface area contributed by atoms with Gasteiger partial charge in [-0.25, -0.2) is 8.42 Å². The number of carboxylic acid groups (broad SMARTS) is 1. The van der Waals surface area contributed by atoms with Crippen molar-refractivity contribution in [3.63, 3.8) is 0 Å². The van der Waals surface area contributed by atoms with Gasteiger partial charge < -0.3 is 10.0 Å². The lowest BCUT2D eigenvalue weighted by Crippen LogP contribution is -2.36. The third kappa shape index (κ3) is 6.57. The van der Waals surface area contributed by atoms with E-state index in [1.807, 2.05) is 13.8 Å². The van der Waals surface area contributed by atoms with E-state index in [1.54, 1.807) is 0 Å². The van der Waals surface area contributed by atoms with E-state index in [1.165, 1.54) is 29.2 Å². The number of nitrogens with zero attached hydrogens (tertiary/aromatic N) is 1. The van der Waals surface area contributed by atoms with Gasteiger partial charge in [0.1, 0.15) is 0 Å². The molecule has 0 aliphatic carbocycles. The van der Waals surface area contributed by atoms with Crippen molar-refractivity contribution in [3.05, 3.63) is 29.8 Å². The first-order valence-corrected chi connectivity index (χ1v) is 9.20. The van der Waals surface area contributed by atoms with Crippen molar-refractivity contribution < 1.29 is 23.1 Å². The summed E-state index contributed by atoms with van der Waals surface area (Å²) in [7, 11) is -3.72. The predicted octanol–water partition coefficient (Wildman–Crippen LogP) is 1.17. The van der Waals surface area contributed by atoms with Crippen LogP contribution in [0.2, 0.25) is 0 Å². The Kier molecular flexibility index (Phi) is 7.61. The summed E-state index contributed by atoms with van der Waals surface area (Å²) in [5, 5.41) is 8.82. The van der Waals surface area contributed by atoms with Gasteiger partial charge in [-0.1, -0.05) is 19.8 Å². The first kappa shape index (κ1) is 20.7. The fourth-order valence-corrected chi connectivity index (χ4v) is 3.06. The molecule has 0 fully saturated rings. The van der Waals surface area contributed by atoms with E-state index in [2.05, 4.69) is 10.6 Å². The fourth-order valence-electron chi connectivity index (χ4n) is 2.13. The lowest BCUT2D eigenvalue weighted by molar-refractivity contribution is -0.137. The topological polar surface area (TPSA) is 104 Å². The standard InChI is InChI=1S/C17H22N2O5S/c1-4-10-18-25(23,24)15-7-5-14(6-8-15)17(22)19(12-13(2)3)11-9-16(20)21/h1,5-8,13,18H,9-12H2,2-3H3,(H,20,21). The lowest BCUT2D eigenvalue weighted by atomic mass is 10.1. The van der Waals surface area contributed by atoms with E-state index in [-0.39, 0.29) is 36.2 Å². The summed E-state index contributed by atoms with van der Waals surface area (Å²) < 4.78 is 26.2. The van der Waals surface area contributed by atoms with Crippen molar-refractivity contribution in [2.75, 3.05) is 19.6 Å². The largest absolute Gasteiger partial charge is 0.481 e. The molecule has 1 aromatic carbocycles. The summed E-state index contributed by atoms with van der Waals surface area (Å²) in [6.07, 6.45) is 4.88. The molecule has 25 heavy (non-hydrogen) atoms. The van der Waals surface area contributed by atoms with E-state index >= 15 is 0 Å². The summed E-state index contributed by atoms with van der Waals surface area (Å²) in [4.78, 5) is 24.8. The van der Waals surface area contributed by atoms with Crippen molar-refractivity contribution >= 4 is 21.9 Å². The van der Waals surface area contributed by atoms with Gasteiger partial charge in [-0.05, 0) is 30.2 Å². The molecule has 0 radical (unpaired) electrons. The number of carbonyl (C=O) groups is 2. The van der Waals surface area contributed by atoms with Crippen LogP contribution in [0.5, 0.6) is 0 Å². The smallest absolute Gasteiger partial charge is 0.305 e. The average Bonchev–Trinajstić information content (AvgIpc) is 2.56. The molecular weight excluding hydrogens is 344 g/mol. The summed E-state index contributed by atoms with van der Waals surface area (Å²) >= 11 is 0. The van der Waals surface area contributed by atoms with Gasteiger partial charge in [0, 0.05) is 18.7 Å². The normalized spacial score (nSPS) is 11.1. The number of carboxylic acids is 1. The molecule has 1 aromatic rings. The molecule has 2 N–H and O–H groups in total. The highest BCUT2D eigenvalue weighted by Gasteiger charge is 2.19. The maximum atomic E-state index is 12.6. The predicted molar refractivity (Wildman–Crippen MR) is 93.5 cm³/mol. The first-order valence-electron chi connectivity index (χ1n) is 7.71. The van der Waals surface area contributed by atoms with Crippen LogP contribution < -0.4 is 4.72 Å². The quantitative estimate of drug-likeness (QED) is 0.639. The van der Waals surface area contributed by atoms with Crippen LogP contribution in [0.1, 0.15) is 30.6 Å². The molecule has 0 saturated heterocycles. The van der Waals surface area contributed by atoms with Gasteiger partial charge >= 0.3 is 5.97 Å². The van der Waals surface area contributed by atoms with E-state index < -0.39 is 16.0 Å². The maximum absolute atomic E-state index is 12.6. The molecule has 0 unspecified atom stereocenters. The number of sulfonamides is 1. The van der Waals surface area contributed by atoms with Crippen molar-refractivity contribution in [2.24, 2.45) is 5.92 Å². The van der Waals surface area contributed by atoms with Crippen LogP contribution in [0.15, 0.2) is 29.2 Å². The van der Waals surface area contributed by atoms with Gasteiger partial charge in [-0.3, -0.25) is 9.59 Å². The van der Waals surface area contributed by atoms with Crippen LogP contribution in [0, 0.1) is 18.3 Å². The van der Waals surface area contributed by atoms with Gasteiger partial charge in [-0.15, -0.1) is 6.42 Å². The molecule has 0 atom stereocenters. The van der Waals surface area contributed by atoms with Crippen LogP contribution >= 0.6 is 0 Å². The molecule has 136 valence electrons. The van der Waals surface area contributed by atoms with Gasteiger partial charge in [0.25, 0.3) is 5.91 Å². The molecular formula is C17H22N2O5S. The van der Waals surface area contributed by atoms with Crippen molar-refractivity contribution in [2.45, 2.75) is 25.2 Å². The van der Waals surface area contributed by atoms with Gasteiger partial charge in [-0.2, -0.15) is 4.72 Å². The number of benzene rings is 1. The minimum atomic E-state index is -3.72. The van der Waals surface area contributed by atoms with Gasteiger partial charge in [0.2, 0.25) is 10.0 Å². The second kappa shape index (κ2) is 9.20. The Balaban J connectivity index is 2.96. The Morgan fingerprint density at radius 1 is 1.28 bits per heavy atom. The van der Waals surface area contributed by atoms with Crippen molar-refractivity contribution in [1.29, 1.82) is 0 Å². The van der Waals surface area contributed by atoms with Crippen LogP contribution in [0.3, 0.4) is 0 Å². The van der Waals surface area contributed by atoms with Crippen molar-refractivity contribution in [1.82, 2.24) is 9.62 Å². The third-order valence-electron chi connectivity index (χ3n) is 3.24. The molecule has 7 nitrogen and oxygen atoms in total. The number of terminal acetylenes is 1. The summed E-state index contributed by atoms with van der Waals surface area (Å²) in [6, 6.07) is 5.44. The molecule has 8 heteroatoms. The number of hydrogen-bond donors (Lipinski definition) is 2. The molecule has 0 heterocycles. The van der Waals surface area contributed by atoms with Crippen LogP contribution in [-0.4, -0.2) is 49.9 Å². The highest BCUT2D eigenvalue weighted by molar-refractivity contribution is 7.89. The molecule has 0 aliphatic rings. The Hall–Kier alpha value is -2.37. The number of aliphatic carboxylic acids is 1. The van der Waals surface area contributed by atoms with Crippen LogP contribution in [0.4, 0.5) is 0 Å². The average molecular weight is 366 g/mol. The zero-order valence-electron chi connectivity index (χ0n) is 14.2. The molecule has 0 aromatic heterocycles. The molecule has 1 rings (SSSR count). The monoisotopic (exact) mass is 366 g/mol. The van der Waals surface area contributed by atoms with Gasteiger partial charge in [0.15, 0.2) is 0 Å². The lowest BCUT2D eigenvalue weighted by Gasteiger charge is -2.24.